The molecule has 2 unspecified atom stereocenters. The summed E-state index contributed by atoms with van der Waals surface area (Å²) in [7, 11) is 1.23. The molecule has 0 aliphatic rings. The lowest BCUT2D eigenvalue weighted by atomic mass is 10.1. The second-order valence-corrected chi connectivity index (χ2v) is 4.22. The van der Waals surface area contributed by atoms with Crippen LogP contribution < -0.4 is 0 Å². The van der Waals surface area contributed by atoms with Gasteiger partial charge in [-0.1, -0.05) is 24.3 Å². The van der Waals surface area contributed by atoms with Gasteiger partial charge in [0.25, 0.3) is 0 Å². The average Bonchev–Trinajstić information content (AvgIpc) is 2.45. The summed E-state index contributed by atoms with van der Waals surface area (Å²) in [5.74, 6) is -0.577. The predicted octanol–water partition coefficient (Wildman–Crippen LogP) is 1.19. The van der Waals surface area contributed by atoms with Crippen LogP contribution in [-0.4, -0.2) is 34.4 Å². The monoisotopic (exact) mass is 261 g/mol. The van der Waals surface area contributed by atoms with Crippen molar-refractivity contribution < 1.29 is 19.7 Å². The molecule has 100 valence electrons. The molecule has 19 heavy (non-hydrogen) atoms. The standard InChI is InChI=1S/C14H15NO4/c1-19-13(17)8-12(16)14(18)11-7-6-9-4-2-3-5-10(9)15-11/h2-7,12,14,16,18H,8H2,1H3. The van der Waals surface area contributed by atoms with Crippen LogP contribution in [0.2, 0.25) is 0 Å². The van der Waals surface area contributed by atoms with E-state index in [4.69, 9.17) is 0 Å². The van der Waals surface area contributed by atoms with Crippen molar-refractivity contribution in [1.82, 2.24) is 4.98 Å². The van der Waals surface area contributed by atoms with Crippen LogP contribution in [-0.2, 0) is 9.53 Å². The van der Waals surface area contributed by atoms with Crippen LogP contribution in [0.5, 0.6) is 0 Å². The molecule has 0 saturated carbocycles. The summed E-state index contributed by atoms with van der Waals surface area (Å²) < 4.78 is 4.45. The van der Waals surface area contributed by atoms with Crippen LogP contribution in [0.25, 0.3) is 10.9 Å². The Morgan fingerprint density at radius 1 is 1.26 bits per heavy atom. The molecule has 2 rings (SSSR count). The molecule has 5 nitrogen and oxygen atoms in total. The first-order valence-corrected chi connectivity index (χ1v) is 5.90. The summed E-state index contributed by atoms with van der Waals surface area (Å²) >= 11 is 0. The van der Waals surface area contributed by atoms with E-state index in [0.29, 0.717) is 5.69 Å². The Kier molecular flexibility index (Phi) is 4.09. The minimum absolute atomic E-state index is 0.272. The number of aliphatic hydroxyl groups is 2. The van der Waals surface area contributed by atoms with Gasteiger partial charge < -0.3 is 14.9 Å². The van der Waals surface area contributed by atoms with E-state index in [1.54, 1.807) is 6.07 Å². The molecule has 0 fully saturated rings. The first-order valence-electron chi connectivity index (χ1n) is 5.90. The molecule has 2 atom stereocenters. The fourth-order valence-electron chi connectivity index (χ4n) is 1.81. The number of rotatable bonds is 4. The number of hydrogen-bond acceptors (Lipinski definition) is 5. The molecule has 1 aromatic heterocycles. The van der Waals surface area contributed by atoms with Crippen molar-refractivity contribution in [3.63, 3.8) is 0 Å². The first-order chi connectivity index (χ1) is 9.11. The highest BCUT2D eigenvalue weighted by atomic mass is 16.5. The Bertz CT molecular complexity index is 584. The number of fused-ring (bicyclic) bond motifs is 1. The summed E-state index contributed by atoms with van der Waals surface area (Å²) in [4.78, 5) is 15.3. The van der Waals surface area contributed by atoms with Crippen LogP contribution >= 0.6 is 0 Å². The normalized spacial score (nSPS) is 14.1. The maximum atomic E-state index is 11.1. The number of nitrogens with zero attached hydrogens (tertiary/aromatic N) is 1. The number of aliphatic hydroxyl groups excluding tert-OH is 2. The summed E-state index contributed by atoms with van der Waals surface area (Å²) in [6.45, 7) is 0. The van der Waals surface area contributed by atoms with Gasteiger partial charge in [0.1, 0.15) is 6.10 Å². The zero-order valence-corrected chi connectivity index (χ0v) is 10.5. The van der Waals surface area contributed by atoms with Crippen molar-refractivity contribution in [3.05, 3.63) is 42.1 Å². The Morgan fingerprint density at radius 2 is 2.00 bits per heavy atom. The smallest absolute Gasteiger partial charge is 0.308 e. The van der Waals surface area contributed by atoms with Crippen LogP contribution in [0, 0.1) is 0 Å². The van der Waals surface area contributed by atoms with Gasteiger partial charge in [0.05, 0.1) is 30.8 Å². The number of methoxy groups -OCH3 is 1. The average molecular weight is 261 g/mol. The summed E-state index contributed by atoms with van der Waals surface area (Å²) in [5, 5.41) is 20.7. The number of esters is 1. The summed E-state index contributed by atoms with van der Waals surface area (Å²) in [6, 6.07) is 10.9. The van der Waals surface area contributed by atoms with E-state index in [1.165, 1.54) is 7.11 Å². The van der Waals surface area contributed by atoms with Crippen molar-refractivity contribution in [2.75, 3.05) is 7.11 Å². The first kappa shape index (κ1) is 13.5. The Labute approximate surface area is 110 Å². The van der Waals surface area contributed by atoms with Crippen molar-refractivity contribution in [2.45, 2.75) is 18.6 Å². The highest BCUT2D eigenvalue weighted by Crippen LogP contribution is 2.20. The number of carbonyl (C=O) groups excluding carboxylic acids is 1. The van der Waals surface area contributed by atoms with Crippen molar-refractivity contribution in [3.8, 4) is 0 Å². The number of hydrogen-bond donors (Lipinski definition) is 2. The van der Waals surface area contributed by atoms with Gasteiger partial charge >= 0.3 is 5.97 Å². The maximum Gasteiger partial charge on any atom is 0.308 e. The summed E-state index contributed by atoms with van der Waals surface area (Å²) in [5.41, 5.74) is 1.06. The summed E-state index contributed by atoms with van der Waals surface area (Å²) in [6.07, 6.45) is -2.73. The fraction of sp³-hybridized carbons (Fsp3) is 0.286. The largest absolute Gasteiger partial charge is 0.469 e. The van der Waals surface area contributed by atoms with Crippen LogP contribution in [0.4, 0.5) is 0 Å². The van der Waals surface area contributed by atoms with Gasteiger partial charge in [0.15, 0.2) is 0 Å². The molecular formula is C14H15NO4. The lowest BCUT2D eigenvalue weighted by molar-refractivity contribution is -0.144. The van der Waals surface area contributed by atoms with Gasteiger partial charge in [-0.25, -0.2) is 4.98 Å². The number of benzene rings is 1. The second kappa shape index (κ2) is 5.77. The Hall–Kier alpha value is -1.98. The lowest BCUT2D eigenvalue weighted by Gasteiger charge is -2.16. The second-order valence-electron chi connectivity index (χ2n) is 4.22. The molecule has 0 saturated heterocycles. The number of carbonyl (C=O) groups is 1. The van der Waals surface area contributed by atoms with Gasteiger partial charge in [-0.15, -0.1) is 0 Å². The molecule has 0 amide bonds. The minimum atomic E-state index is -1.24. The molecule has 1 heterocycles. The molecule has 1 aromatic carbocycles. The van der Waals surface area contributed by atoms with Gasteiger partial charge in [-0.3, -0.25) is 4.79 Å². The SMILES string of the molecule is COC(=O)CC(O)C(O)c1ccc2ccccc2n1. The van der Waals surface area contributed by atoms with Gasteiger partial charge in [0, 0.05) is 5.39 Å². The molecule has 0 spiro atoms. The van der Waals surface area contributed by atoms with Crippen LogP contribution in [0.15, 0.2) is 36.4 Å². The number of pyridine rings is 1. The van der Waals surface area contributed by atoms with Crippen molar-refractivity contribution in [2.24, 2.45) is 0 Å². The minimum Gasteiger partial charge on any atom is -0.469 e. The zero-order chi connectivity index (χ0) is 13.8. The fourth-order valence-corrected chi connectivity index (χ4v) is 1.81. The van der Waals surface area contributed by atoms with Gasteiger partial charge in [-0.2, -0.15) is 0 Å². The van der Waals surface area contributed by atoms with E-state index < -0.39 is 18.2 Å². The quantitative estimate of drug-likeness (QED) is 0.808. The van der Waals surface area contributed by atoms with Gasteiger partial charge in [0.2, 0.25) is 0 Å². The molecule has 5 heteroatoms. The molecular weight excluding hydrogens is 246 g/mol. The molecule has 0 aliphatic heterocycles. The van der Waals surface area contributed by atoms with Crippen molar-refractivity contribution in [1.29, 1.82) is 0 Å². The third kappa shape index (κ3) is 3.07. The van der Waals surface area contributed by atoms with E-state index in [2.05, 4.69) is 9.72 Å². The van der Waals surface area contributed by atoms with E-state index in [-0.39, 0.29) is 6.42 Å². The highest BCUT2D eigenvalue weighted by molar-refractivity contribution is 5.78. The predicted molar refractivity (Wildman–Crippen MR) is 69.3 cm³/mol. The van der Waals surface area contributed by atoms with Crippen molar-refractivity contribution >= 4 is 16.9 Å². The molecule has 0 aliphatic carbocycles. The van der Waals surface area contributed by atoms with Crippen LogP contribution in [0.3, 0.4) is 0 Å². The van der Waals surface area contributed by atoms with Gasteiger partial charge in [-0.05, 0) is 12.1 Å². The number of ether oxygens (including phenoxy) is 1. The topological polar surface area (TPSA) is 79.7 Å². The Balaban J connectivity index is 2.21. The zero-order valence-electron chi connectivity index (χ0n) is 10.5. The molecule has 2 aromatic rings. The molecule has 0 bridgehead atoms. The maximum absolute atomic E-state index is 11.1. The number of aromatic nitrogens is 1. The third-order valence-corrected chi connectivity index (χ3v) is 2.89. The van der Waals surface area contributed by atoms with Crippen LogP contribution in [0.1, 0.15) is 18.2 Å². The van der Waals surface area contributed by atoms with E-state index in [9.17, 15) is 15.0 Å². The lowest BCUT2D eigenvalue weighted by Crippen LogP contribution is -2.23. The van der Waals surface area contributed by atoms with E-state index >= 15 is 0 Å². The Morgan fingerprint density at radius 3 is 2.74 bits per heavy atom. The van der Waals surface area contributed by atoms with E-state index in [0.717, 1.165) is 10.9 Å². The highest BCUT2D eigenvalue weighted by Gasteiger charge is 2.23. The third-order valence-electron chi connectivity index (χ3n) is 2.89. The molecule has 0 radical (unpaired) electrons. The number of para-hydroxylation sites is 1. The van der Waals surface area contributed by atoms with E-state index in [1.807, 2.05) is 30.3 Å². The molecule has 2 N–H and O–H groups in total.